The molecule has 5 nitrogen and oxygen atoms in total. The second kappa shape index (κ2) is 14.1. The molecule has 0 amide bonds. The Kier molecular flexibility index (Phi) is 8.06. The summed E-state index contributed by atoms with van der Waals surface area (Å²) >= 11 is 0. The summed E-state index contributed by atoms with van der Waals surface area (Å²) in [4.78, 5) is 19.0. The van der Waals surface area contributed by atoms with E-state index in [1.165, 1.54) is 38.8 Å². The van der Waals surface area contributed by atoms with Gasteiger partial charge >= 0.3 is 0 Å². The largest absolute Gasteiger partial charge is 0.456 e. The zero-order valence-corrected chi connectivity index (χ0v) is 33.3. The number of nitrogens with zero attached hydrogens (tertiary/aromatic N) is 4. The van der Waals surface area contributed by atoms with Gasteiger partial charge in [-0.25, -0.2) is 19.8 Å². The zero-order valence-electron chi connectivity index (χ0n) is 33.3. The van der Waals surface area contributed by atoms with Crippen molar-refractivity contribution in [2.24, 2.45) is 0 Å². The summed E-state index contributed by atoms with van der Waals surface area (Å²) in [5.41, 5.74) is 14.0. The Morgan fingerprint density at radius 3 is 1.56 bits per heavy atom. The monoisotopic (exact) mass is 790 g/mol. The summed E-state index contributed by atoms with van der Waals surface area (Å²) in [6, 6.07) is 71.6. The molecule has 2 heterocycles. The summed E-state index contributed by atoms with van der Waals surface area (Å²) in [6.45, 7) is 7.51. The normalized spacial score (nSPS) is 12.8. The number of benzene rings is 9. The van der Waals surface area contributed by atoms with E-state index in [9.17, 15) is 0 Å². The Balaban J connectivity index is 1.01. The van der Waals surface area contributed by atoms with Gasteiger partial charge in [0, 0.05) is 33.4 Å². The van der Waals surface area contributed by atoms with E-state index in [2.05, 4.69) is 181 Å². The fraction of sp³-hybridized carbons (Fsp3) is 0.0175. The lowest BCUT2D eigenvalue weighted by atomic mass is 9.63. The Hall–Kier alpha value is -8.46. The van der Waals surface area contributed by atoms with Gasteiger partial charge in [0.1, 0.15) is 11.5 Å². The van der Waals surface area contributed by atoms with E-state index >= 15 is 0 Å². The van der Waals surface area contributed by atoms with Crippen LogP contribution in [-0.2, 0) is 5.41 Å². The number of para-hydroxylation sites is 2. The molecule has 5 heteroatoms. The third kappa shape index (κ3) is 5.37. The van der Waals surface area contributed by atoms with Crippen LogP contribution in [0.2, 0.25) is 0 Å². The molecule has 0 N–H and O–H groups in total. The lowest BCUT2D eigenvalue weighted by Crippen LogP contribution is -2.34. The molecule has 10 aromatic rings. The van der Waals surface area contributed by atoms with Crippen LogP contribution in [-0.4, -0.2) is 15.0 Å². The predicted molar refractivity (Wildman–Crippen MR) is 248 cm³/mol. The highest BCUT2D eigenvalue weighted by molar-refractivity contribution is 6.18. The number of hydrogen-bond acceptors (Lipinski definition) is 4. The maximum Gasteiger partial charge on any atom is 0.187 e. The molecular formula is C57H34N4O. The summed E-state index contributed by atoms with van der Waals surface area (Å²) in [5, 5.41) is 2.30. The van der Waals surface area contributed by atoms with E-state index in [1.807, 2.05) is 30.3 Å². The highest BCUT2D eigenvalue weighted by Crippen LogP contribution is 2.57. The SMILES string of the molecule is [C-]#[N+]c1ccc(-c2nc(-c3ccc(-c4cccc5c4Oc4ccccc4C5(c4ccccc4)c4ccccc4)cc3)nc(-c3ccc4c5c(cccc35)-c3ccccc3-4)n2)cc1. The highest BCUT2D eigenvalue weighted by Gasteiger charge is 2.45. The summed E-state index contributed by atoms with van der Waals surface area (Å²) in [7, 11) is 0. The number of aromatic nitrogens is 3. The van der Waals surface area contributed by atoms with Gasteiger partial charge in [-0.2, -0.15) is 0 Å². The first kappa shape index (κ1) is 35.5. The van der Waals surface area contributed by atoms with Gasteiger partial charge in [0.05, 0.1) is 12.0 Å². The van der Waals surface area contributed by atoms with Crippen LogP contribution in [0.4, 0.5) is 5.69 Å². The molecule has 288 valence electrons. The lowest BCUT2D eigenvalue weighted by Gasteiger charge is -2.42. The van der Waals surface area contributed by atoms with Crippen LogP contribution in [0.5, 0.6) is 11.5 Å². The smallest absolute Gasteiger partial charge is 0.187 e. The number of rotatable bonds is 6. The molecule has 0 atom stereocenters. The van der Waals surface area contributed by atoms with Gasteiger partial charge in [-0.05, 0) is 61.8 Å². The average Bonchev–Trinajstić information content (AvgIpc) is 3.68. The van der Waals surface area contributed by atoms with E-state index < -0.39 is 5.41 Å². The van der Waals surface area contributed by atoms with Crippen LogP contribution in [0.25, 0.3) is 83.2 Å². The van der Waals surface area contributed by atoms with Crippen molar-refractivity contribution in [3.05, 3.63) is 240 Å². The van der Waals surface area contributed by atoms with Crippen LogP contribution >= 0.6 is 0 Å². The van der Waals surface area contributed by atoms with Gasteiger partial charge in [0.25, 0.3) is 0 Å². The van der Waals surface area contributed by atoms with Crippen LogP contribution in [0, 0.1) is 6.57 Å². The van der Waals surface area contributed by atoms with Crippen molar-refractivity contribution in [3.8, 4) is 79.0 Å². The van der Waals surface area contributed by atoms with Crippen molar-refractivity contribution in [3.63, 3.8) is 0 Å². The van der Waals surface area contributed by atoms with Gasteiger partial charge in [-0.3, -0.25) is 0 Å². The minimum atomic E-state index is -0.612. The first-order valence-electron chi connectivity index (χ1n) is 20.7. The van der Waals surface area contributed by atoms with E-state index in [1.54, 1.807) is 0 Å². The summed E-state index contributed by atoms with van der Waals surface area (Å²) in [6.07, 6.45) is 0. The molecule has 12 rings (SSSR count). The molecule has 1 aliphatic heterocycles. The molecule has 62 heavy (non-hydrogen) atoms. The first-order chi connectivity index (χ1) is 30.7. The Morgan fingerprint density at radius 2 is 0.887 bits per heavy atom. The van der Waals surface area contributed by atoms with Crippen molar-refractivity contribution in [2.75, 3.05) is 0 Å². The summed E-state index contributed by atoms with van der Waals surface area (Å²) in [5.74, 6) is 3.35. The minimum Gasteiger partial charge on any atom is -0.456 e. The maximum absolute atomic E-state index is 7.51. The first-order valence-corrected chi connectivity index (χ1v) is 20.7. The fourth-order valence-electron chi connectivity index (χ4n) is 9.70. The van der Waals surface area contributed by atoms with Crippen molar-refractivity contribution < 1.29 is 4.74 Å². The molecule has 2 aliphatic rings. The fourth-order valence-corrected chi connectivity index (χ4v) is 9.70. The Bertz CT molecular complexity index is 3360. The second-order valence-electron chi connectivity index (χ2n) is 15.7. The van der Waals surface area contributed by atoms with Gasteiger partial charge in [0.15, 0.2) is 23.2 Å². The van der Waals surface area contributed by atoms with Gasteiger partial charge in [-0.15, -0.1) is 0 Å². The van der Waals surface area contributed by atoms with Crippen molar-refractivity contribution in [1.82, 2.24) is 15.0 Å². The molecule has 9 aromatic carbocycles. The molecule has 0 saturated heterocycles. The van der Waals surface area contributed by atoms with Gasteiger partial charge in [0.2, 0.25) is 0 Å². The Morgan fingerprint density at radius 1 is 0.387 bits per heavy atom. The molecule has 0 radical (unpaired) electrons. The highest BCUT2D eigenvalue weighted by atomic mass is 16.5. The molecule has 0 saturated carbocycles. The van der Waals surface area contributed by atoms with Crippen LogP contribution in [0.15, 0.2) is 206 Å². The maximum atomic E-state index is 7.51. The van der Waals surface area contributed by atoms with E-state index in [-0.39, 0.29) is 0 Å². The standard InChI is InChI=1S/C57H34N4O/c1-58-41-32-30-38(31-33-41)55-59-54(60-56(61-55)48-35-34-47-44-19-9-8-18-43(44)45-21-12-22-46(48)52(45)47)37-28-26-36(27-29-37)42-20-13-24-50-53(42)62-51-25-11-10-23-49(51)57(50,39-14-4-2-5-15-39)40-16-6-3-7-17-40/h2-35H. The van der Waals surface area contributed by atoms with Crippen LogP contribution in [0.3, 0.4) is 0 Å². The number of fused-ring (bicyclic) bond motifs is 5. The quantitative estimate of drug-likeness (QED) is 0.157. The van der Waals surface area contributed by atoms with Gasteiger partial charge < -0.3 is 4.74 Å². The van der Waals surface area contributed by atoms with Crippen molar-refractivity contribution >= 4 is 16.5 Å². The van der Waals surface area contributed by atoms with Gasteiger partial charge in [-0.1, -0.05) is 194 Å². The predicted octanol–water partition coefficient (Wildman–Crippen LogP) is 14.4. The molecule has 1 aromatic heterocycles. The Labute approximate surface area is 359 Å². The third-order valence-electron chi connectivity index (χ3n) is 12.5. The van der Waals surface area contributed by atoms with E-state index in [0.717, 1.165) is 55.8 Å². The number of ether oxygens (including phenoxy) is 1. The molecule has 0 unspecified atom stereocenters. The van der Waals surface area contributed by atoms with E-state index in [0.29, 0.717) is 23.2 Å². The van der Waals surface area contributed by atoms with Crippen LogP contribution in [0.1, 0.15) is 22.3 Å². The summed E-state index contributed by atoms with van der Waals surface area (Å²) < 4.78 is 6.95. The zero-order chi connectivity index (χ0) is 41.2. The number of hydrogen-bond donors (Lipinski definition) is 0. The molecule has 0 fully saturated rings. The van der Waals surface area contributed by atoms with Crippen LogP contribution < -0.4 is 4.74 Å². The molecule has 1 aliphatic carbocycles. The van der Waals surface area contributed by atoms with E-state index in [4.69, 9.17) is 26.3 Å². The topological polar surface area (TPSA) is 52.3 Å². The third-order valence-corrected chi connectivity index (χ3v) is 12.5. The lowest BCUT2D eigenvalue weighted by molar-refractivity contribution is 0.436. The molecular weight excluding hydrogens is 757 g/mol. The molecule has 0 bridgehead atoms. The molecule has 0 spiro atoms. The minimum absolute atomic E-state index is 0.541. The van der Waals surface area contributed by atoms with Crippen molar-refractivity contribution in [2.45, 2.75) is 5.41 Å². The second-order valence-corrected chi connectivity index (χ2v) is 15.7. The average molecular weight is 791 g/mol. The van der Waals surface area contributed by atoms with Crippen molar-refractivity contribution in [1.29, 1.82) is 0 Å².